The standard InChI is InChI=1S/C39H32OP2.H3P/c1-39(2)33-23-14-24-35(42(28-17-8-4-9-18-28)29-19-10-5-11-20-29)38(33)40-37-32(25-26-34(41)36(37)39)31-22-13-12-21-30(31)27-15-6-3-7-16-27;/h3-26H,41H2,1-2H3;1H3. The first kappa shape index (κ1) is 29.5. The highest BCUT2D eigenvalue weighted by Crippen LogP contribution is 2.53. The average Bonchev–Trinajstić information content (AvgIpc) is 3.03. The van der Waals surface area contributed by atoms with Gasteiger partial charge >= 0.3 is 0 Å². The zero-order chi connectivity index (χ0) is 28.7. The van der Waals surface area contributed by atoms with Crippen LogP contribution in [0.2, 0.25) is 0 Å². The Kier molecular flexibility index (Phi) is 8.36. The Hall–Kier alpha value is -3.59. The third kappa shape index (κ3) is 5.26. The lowest BCUT2D eigenvalue weighted by atomic mass is 9.74. The van der Waals surface area contributed by atoms with Crippen molar-refractivity contribution in [1.29, 1.82) is 0 Å². The minimum atomic E-state index is -0.835. The second kappa shape index (κ2) is 12.2. The SMILES string of the molecule is CC1(C)c2cccc(P(c3ccccc3)c3ccccc3)c2Oc2c(-c3ccccc3-c3ccccc3)ccc(P)c21.P. The van der Waals surface area contributed by atoms with Crippen LogP contribution in [0.15, 0.2) is 146 Å². The molecule has 2 atom stereocenters. The minimum Gasteiger partial charge on any atom is -0.455 e. The lowest BCUT2D eigenvalue weighted by Gasteiger charge is -2.38. The summed E-state index contributed by atoms with van der Waals surface area (Å²) >= 11 is 0. The molecule has 1 aliphatic rings. The molecule has 1 nitrogen and oxygen atoms in total. The first-order chi connectivity index (χ1) is 20.5. The van der Waals surface area contributed by atoms with Gasteiger partial charge in [0.25, 0.3) is 0 Å². The Bertz CT molecular complexity index is 1840. The molecule has 4 heteroatoms. The Balaban J connectivity index is 0.00000329. The van der Waals surface area contributed by atoms with E-state index in [1.807, 2.05) is 0 Å². The fourth-order valence-corrected chi connectivity index (χ4v) is 9.25. The van der Waals surface area contributed by atoms with Crippen LogP contribution in [0.1, 0.15) is 25.0 Å². The van der Waals surface area contributed by atoms with Crippen molar-refractivity contribution in [3.63, 3.8) is 0 Å². The van der Waals surface area contributed by atoms with Gasteiger partial charge in [-0.2, -0.15) is 9.90 Å². The molecule has 0 fully saturated rings. The number of fused-ring (bicyclic) bond motifs is 2. The molecule has 0 saturated carbocycles. The number of rotatable bonds is 5. The van der Waals surface area contributed by atoms with E-state index in [1.165, 1.54) is 49.0 Å². The highest BCUT2D eigenvalue weighted by Gasteiger charge is 2.39. The maximum absolute atomic E-state index is 7.23. The molecule has 0 amide bonds. The molecule has 0 aliphatic carbocycles. The van der Waals surface area contributed by atoms with Crippen LogP contribution in [-0.2, 0) is 5.41 Å². The maximum atomic E-state index is 7.23. The van der Waals surface area contributed by atoms with E-state index in [9.17, 15) is 0 Å². The number of ether oxygens (including phenoxy) is 1. The number of para-hydroxylation sites is 1. The van der Waals surface area contributed by atoms with Gasteiger partial charge in [0, 0.05) is 27.4 Å². The largest absolute Gasteiger partial charge is 0.455 e. The van der Waals surface area contributed by atoms with Gasteiger partial charge in [-0.25, -0.2) is 0 Å². The molecule has 0 aromatic heterocycles. The van der Waals surface area contributed by atoms with Crippen LogP contribution in [0.5, 0.6) is 11.5 Å². The Morgan fingerprint density at radius 3 is 1.72 bits per heavy atom. The summed E-state index contributed by atoms with van der Waals surface area (Å²) in [4.78, 5) is 0. The highest BCUT2D eigenvalue weighted by atomic mass is 31.1. The molecule has 2 unspecified atom stereocenters. The smallest absolute Gasteiger partial charge is 0.140 e. The van der Waals surface area contributed by atoms with E-state index in [-0.39, 0.29) is 15.3 Å². The van der Waals surface area contributed by atoms with Gasteiger partial charge in [-0.3, -0.25) is 0 Å². The lowest BCUT2D eigenvalue weighted by Crippen LogP contribution is -2.32. The van der Waals surface area contributed by atoms with Gasteiger partial charge in [-0.15, -0.1) is 9.24 Å². The van der Waals surface area contributed by atoms with Crippen molar-refractivity contribution in [1.82, 2.24) is 0 Å². The van der Waals surface area contributed by atoms with Crippen molar-refractivity contribution in [3.8, 4) is 33.8 Å². The van der Waals surface area contributed by atoms with E-state index in [0.29, 0.717) is 0 Å². The Morgan fingerprint density at radius 1 is 0.535 bits per heavy atom. The molecule has 7 rings (SSSR count). The topological polar surface area (TPSA) is 9.23 Å². The molecule has 6 aromatic carbocycles. The predicted octanol–water partition coefficient (Wildman–Crippen LogP) is 8.77. The van der Waals surface area contributed by atoms with Crippen LogP contribution >= 0.6 is 27.1 Å². The fourth-order valence-electron chi connectivity index (χ4n) is 6.27. The summed E-state index contributed by atoms with van der Waals surface area (Å²) in [5.74, 6) is 1.94. The molecule has 43 heavy (non-hydrogen) atoms. The van der Waals surface area contributed by atoms with Gasteiger partial charge in [0.2, 0.25) is 0 Å². The average molecular weight is 613 g/mol. The molecule has 0 bridgehead atoms. The number of hydrogen-bond donors (Lipinski definition) is 0. The quantitative estimate of drug-likeness (QED) is 0.177. The normalized spacial score (nSPS) is 12.9. The Labute approximate surface area is 261 Å². The van der Waals surface area contributed by atoms with Gasteiger partial charge in [0.05, 0.1) is 0 Å². The van der Waals surface area contributed by atoms with E-state index < -0.39 is 7.92 Å². The minimum absolute atomic E-state index is 0. The van der Waals surface area contributed by atoms with Crippen molar-refractivity contribution >= 4 is 48.3 Å². The highest BCUT2D eigenvalue weighted by molar-refractivity contribution is 7.80. The van der Waals surface area contributed by atoms with Crippen molar-refractivity contribution < 1.29 is 4.74 Å². The molecule has 0 saturated heterocycles. The summed E-state index contributed by atoms with van der Waals surface area (Å²) in [6.45, 7) is 4.68. The molecular weight excluding hydrogens is 577 g/mol. The van der Waals surface area contributed by atoms with E-state index in [0.717, 1.165) is 17.1 Å². The van der Waals surface area contributed by atoms with Crippen molar-refractivity contribution in [2.24, 2.45) is 0 Å². The summed E-state index contributed by atoms with van der Waals surface area (Å²) in [5, 5.41) is 5.04. The van der Waals surface area contributed by atoms with E-state index in [4.69, 9.17) is 4.74 Å². The van der Waals surface area contributed by atoms with E-state index in [2.05, 4.69) is 169 Å². The van der Waals surface area contributed by atoms with Crippen LogP contribution in [0.4, 0.5) is 0 Å². The number of benzene rings is 6. The van der Waals surface area contributed by atoms with Crippen molar-refractivity contribution in [2.75, 3.05) is 0 Å². The summed E-state index contributed by atoms with van der Waals surface area (Å²) in [6.07, 6.45) is 0. The van der Waals surface area contributed by atoms with E-state index in [1.54, 1.807) is 0 Å². The molecule has 6 aromatic rings. The fraction of sp³-hybridized carbons (Fsp3) is 0.0769. The maximum Gasteiger partial charge on any atom is 0.140 e. The van der Waals surface area contributed by atoms with Crippen LogP contribution in [-0.4, -0.2) is 0 Å². The van der Waals surface area contributed by atoms with Gasteiger partial charge in [-0.05, 0) is 46.6 Å². The number of hydrogen-bond acceptors (Lipinski definition) is 1. The van der Waals surface area contributed by atoms with E-state index >= 15 is 0 Å². The molecule has 1 aliphatic heterocycles. The van der Waals surface area contributed by atoms with Crippen LogP contribution in [0.25, 0.3) is 22.3 Å². The van der Waals surface area contributed by atoms with Crippen molar-refractivity contribution in [2.45, 2.75) is 19.3 Å². The van der Waals surface area contributed by atoms with Crippen LogP contribution < -0.4 is 26.0 Å². The summed E-state index contributed by atoms with van der Waals surface area (Å²) in [6, 6.07) is 52.3. The zero-order valence-electron chi connectivity index (χ0n) is 24.5. The molecule has 212 valence electrons. The summed E-state index contributed by atoms with van der Waals surface area (Å²) in [7, 11) is 2.14. The Morgan fingerprint density at radius 2 is 1.09 bits per heavy atom. The molecule has 0 N–H and O–H groups in total. The van der Waals surface area contributed by atoms with Gasteiger partial charge in [0.15, 0.2) is 0 Å². The van der Waals surface area contributed by atoms with Gasteiger partial charge < -0.3 is 4.74 Å². The van der Waals surface area contributed by atoms with Gasteiger partial charge in [-0.1, -0.05) is 153 Å². The summed E-state index contributed by atoms with van der Waals surface area (Å²) < 4.78 is 7.23. The second-order valence-electron chi connectivity index (χ2n) is 11.2. The van der Waals surface area contributed by atoms with Gasteiger partial charge in [0.1, 0.15) is 11.5 Å². The molecule has 1 heterocycles. The second-order valence-corrected chi connectivity index (χ2v) is 14.0. The molecular formula is C39H35OP3. The first-order valence-electron chi connectivity index (χ1n) is 14.3. The predicted molar refractivity (Wildman–Crippen MR) is 195 cm³/mol. The van der Waals surface area contributed by atoms with Crippen LogP contribution in [0.3, 0.4) is 0 Å². The third-order valence-electron chi connectivity index (χ3n) is 8.26. The third-order valence-corrected chi connectivity index (χ3v) is 11.2. The summed E-state index contributed by atoms with van der Waals surface area (Å²) in [5.41, 5.74) is 6.88. The monoisotopic (exact) mass is 612 g/mol. The molecule has 0 spiro atoms. The zero-order valence-corrected chi connectivity index (χ0v) is 28.0. The van der Waals surface area contributed by atoms with Crippen molar-refractivity contribution in [3.05, 3.63) is 157 Å². The van der Waals surface area contributed by atoms with Crippen LogP contribution in [0, 0.1) is 0 Å². The molecule has 0 radical (unpaired) electrons. The lowest BCUT2D eigenvalue weighted by molar-refractivity contribution is 0.425. The first-order valence-corrected chi connectivity index (χ1v) is 16.3.